The van der Waals surface area contributed by atoms with E-state index in [0.29, 0.717) is 5.41 Å². The number of ether oxygens (including phenoxy) is 1. The van der Waals surface area contributed by atoms with Crippen molar-refractivity contribution in [3.8, 4) is 5.75 Å². The van der Waals surface area contributed by atoms with Crippen LogP contribution in [0.15, 0.2) is 54.6 Å². The van der Waals surface area contributed by atoms with Crippen molar-refractivity contribution in [2.45, 2.75) is 12.5 Å². The lowest BCUT2D eigenvalue weighted by Crippen LogP contribution is -2.72. The molecule has 2 aliphatic rings. The molecule has 2 fully saturated rings. The first-order valence-electron chi connectivity index (χ1n) is 9.02. The highest BCUT2D eigenvalue weighted by Crippen LogP contribution is 2.42. The van der Waals surface area contributed by atoms with Gasteiger partial charge in [0.05, 0.1) is 13.2 Å². The second kappa shape index (κ2) is 6.70. The number of benzene rings is 2. The van der Waals surface area contributed by atoms with E-state index >= 15 is 0 Å². The summed E-state index contributed by atoms with van der Waals surface area (Å²) in [5.74, 6) is 0.908. The van der Waals surface area contributed by atoms with Gasteiger partial charge in [-0.25, -0.2) is 0 Å². The van der Waals surface area contributed by atoms with Crippen LogP contribution in [-0.4, -0.2) is 49.8 Å². The Bertz CT molecular complexity index is 688. The van der Waals surface area contributed by atoms with Crippen LogP contribution < -0.4 is 9.64 Å². The Morgan fingerprint density at radius 1 is 1.00 bits per heavy atom. The molecule has 0 aliphatic carbocycles. The van der Waals surface area contributed by atoms with Crippen LogP contribution in [0.5, 0.6) is 5.75 Å². The Kier molecular flexibility index (Phi) is 4.40. The van der Waals surface area contributed by atoms with E-state index in [2.05, 4.69) is 21.9 Å². The highest BCUT2D eigenvalue weighted by atomic mass is 16.5. The second-order valence-electron chi connectivity index (χ2n) is 7.48. The summed E-state index contributed by atoms with van der Waals surface area (Å²) in [6, 6.07) is 18.3. The van der Waals surface area contributed by atoms with Gasteiger partial charge in [0, 0.05) is 43.8 Å². The molecule has 2 aliphatic heterocycles. The lowest BCUT2D eigenvalue weighted by Gasteiger charge is -2.61. The molecule has 0 amide bonds. The van der Waals surface area contributed by atoms with Gasteiger partial charge in [-0.2, -0.15) is 0 Å². The van der Waals surface area contributed by atoms with Crippen LogP contribution in [0, 0.1) is 5.41 Å². The third kappa shape index (κ3) is 3.37. The Morgan fingerprint density at radius 2 is 1.68 bits per heavy atom. The van der Waals surface area contributed by atoms with Crippen molar-refractivity contribution >= 4 is 5.69 Å². The van der Waals surface area contributed by atoms with Crippen LogP contribution in [0.2, 0.25) is 0 Å². The maximum Gasteiger partial charge on any atom is 0.119 e. The summed E-state index contributed by atoms with van der Waals surface area (Å²) in [6.45, 7) is 5.55. The molecule has 132 valence electrons. The molecular weight excluding hydrogens is 312 g/mol. The maximum absolute atomic E-state index is 10.3. The summed E-state index contributed by atoms with van der Waals surface area (Å²) in [6.07, 6.45) is 0.456. The molecule has 4 nitrogen and oxygen atoms in total. The molecule has 0 saturated carbocycles. The predicted octanol–water partition coefficient (Wildman–Crippen LogP) is 2.94. The zero-order valence-corrected chi connectivity index (χ0v) is 14.8. The summed E-state index contributed by atoms with van der Waals surface area (Å²) in [5.41, 5.74) is 2.77. The van der Waals surface area contributed by atoms with E-state index in [1.807, 2.05) is 42.5 Å². The molecule has 2 saturated heterocycles. The maximum atomic E-state index is 10.3. The molecule has 0 aromatic heterocycles. The van der Waals surface area contributed by atoms with Crippen molar-refractivity contribution < 1.29 is 9.84 Å². The average Bonchev–Trinajstić information content (AvgIpc) is 2.60. The number of likely N-dealkylation sites (tertiary alicyclic amines) is 1. The molecule has 2 aromatic carbocycles. The molecule has 1 N–H and O–H groups in total. The van der Waals surface area contributed by atoms with Crippen LogP contribution in [0.25, 0.3) is 0 Å². The van der Waals surface area contributed by atoms with Gasteiger partial charge in [0.1, 0.15) is 5.75 Å². The molecule has 2 heterocycles. The first-order chi connectivity index (χ1) is 12.2. The first-order valence-corrected chi connectivity index (χ1v) is 9.02. The molecule has 0 radical (unpaired) electrons. The van der Waals surface area contributed by atoms with E-state index in [-0.39, 0.29) is 6.10 Å². The molecule has 0 unspecified atom stereocenters. The van der Waals surface area contributed by atoms with Crippen molar-refractivity contribution in [3.63, 3.8) is 0 Å². The Morgan fingerprint density at radius 3 is 2.32 bits per heavy atom. The molecular formula is C21H26N2O2. The fourth-order valence-electron chi connectivity index (χ4n) is 4.15. The number of nitrogens with zero attached hydrogens (tertiary/aromatic N) is 2. The van der Waals surface area contributed by atoms with Crippen molar-refractivity contribution in [2.75, 3.05) is 44.7 Å². The van der Waals surface area contributed by atoms with Crippen molar-refractivity contribution in [2.24, 2.45) is 5.41 Å². The van der Waals surface area contributed by atoms with Gasteiger partial charge in [0.25, 0.3) is 0 Å². The van der Waals surface area contributed by atoms with E-state index in [0.717, 1.165) is 50.5 Å². The summed E-state index contributed by atoms with van der Waals surface area (Å²) < 4.78 is 5.22. The van der Waals surface area contributed by atoms with Gasteiger partial charge in [-0.1, -0.05) is 30.3 Å². The highest BCUT2D eigenvalue weighted by Gasteiger charge is 2.51. The van der Waals surface area contributed by atoms with Gasteiger partial charge in [0.2, 0.25) is 0 Å². The molecule has 1 spiro atoms. The predicted molar refractivity (Wildman–Crippen MR) is 100 cm³/mol. The van der Waals surface area contributed by atoms with Crippen molar-refractivity contribution in [1.82, 2.24) is 4.90 Å². The normalized spacial score (nSPS) is 20.0. The Balaban J connectivity index is 1.21. The zero-order chi connectivity index (χ0) is 17.3. The lowest BCUT2D eigenvalue weighted by molar-refractivity contribution is -0.0287. The molecule has 4 rings (SSSR count). The van der Waals surface area contributed by atoms with E-state index in [4.69, 9.17) is 4.74 Å². The number of rotatable bonds is 6. The summed E-state index contributed by atoms with van der Waals surface area (Å²) >= 11 is 0. The van der Waals surface area contributed by atoms with Gasteiger partial charge >= 0.3 is 0 Å². The fraction of sp³-hybridized carbons (Fsp3) is 0.429. The van der Waals surface area contributed by atoms with Gasteiger partial charge in [0.15, 0.2) is 0 Å². The van der Waals surface area contributed by atoms with Crippen LogP contribution in [0.3, 0.4) is 0 Å². The zero-order valence-electron chi connectivity index (χ0n) is 14.8. The number of anilines is 1. The summed E-state index contributed by atoms with van der Waals surface area (Å²) in [5, 5.41) is 10.3. The molecule has 4 heteroatoms. The van der Waals surface area contributed by atoms with E-state index in [1.54, 1.807) is 7.11 Å². The molecule has 0 bridgehead atoms. The number of aliphatic hydroxyl groups is 1. The fourth-order valence-corrected chi connectivity index (χ4v) is 4.15. The van der Waals surface area contributed by atoms with Crippen molar-refractivity contribution in [3.05, 3.63) is 60.2 Å². The topological polar surface area (TPSA) is 35.9 Å². The monoisotopic (exact) mass is 338 g/mol. The second-order valence-corrected chi connectivity index (χ2v) is 7.48. The van der Waals surface area contributed by atoms with E-state index in [1.165, 1.54) is 5.69 Å². The van der Waals surface area contributed by atoms with Gasteiger partial charge < -0.3 is 19.6 Å². The van der Waals surface area contributed by atoms with Gasteiger partial charge in [-0.3, -0.25) is 0 Å². The number of hydrogen-bond donors (Lipinski definition) is 1. The minimum atomic E-state index is -0.352. The van der Waals surface area contributed by atoms with Crippen LogP contribution >= 0.6 is 0 Å². The number of hydrogen-bond acceptors (Lipinski definition) is 4. The van der Waals surface area contributed by atoms with Crippen LogP contribution in [-0.2, 0) is 0 Å². The van der Waals surface area contributed by atoms with Crippen molar-refractivity contribution in [1.29, 1.82) is 0 Å². The summed E-state index contributed by atoms with van der Waals surface area (Å²) in [4.78, 5) is 4.91. The third-order valence-electron chi connectivity index (χ3n) is 5.51. The Labute approximate surface area is 149 Å². The average molecular weight is 338 g/mol. The lowest BCUT2D eigenvalue weighted by atomic mass is 9.72. The van der Waals surface area contributed by atoms with Crippen LogP contribution in [0.1, 0.15) is 18.1 Å². The minimum absolute atomic E-state index is 0.352. The first kappa shape index (κ1) is 16.4. The van der Waals surface area contributed by atoms with Gasteiger partial charge in [-0.05, 0) is 36.2 Å². The van der Waals surface area contributed by atoms with Gasteiger partial charge in [-0.15, -0.1) is 0 Å². The largest absolute Gasteiger partial charge is 0.497 e. The quantitative estimate of drug-likeness (QED) is 0.878. The number of aliphatic hydroxyl groups excluding tert-OH is 1. The van der Waals surface area contributed by atoms with Crippen LogP contribution in [0.4, 0.5) is 5.69 Å². The van der Waals surface area contributed by atoms with E-state index in [9.17, 15) is 5.11 Å². The third-order valence-corrected chi connectivity index (χ3v) is 5.51. The smallest absolute Gasteiger partial charge is 0.119 e. The molecule has 2 aromatic rings. The molecule has 1 atom stereocenters. The minimum Gasteiger partial charge on any atom is -0.497 e. The summed E-state index contributed by atoms with van der Waals surface area (Å²) in [7, 11) is 1.70. The standard InChI is InChI=1S/C21H26N2O2/c1-25-19-9-7-18(8-10-19)23-15-21(16-23)13-22(14-21)12-11-20(24)17-5-3-2-4-6-17/h2-10,20,24H,11-16H2,1H3/t20-/m1/s1. The highest BCUT2D eigenvalue weighted by molar-refractivity contribution is 5.52. The SMILES string of the molecule is COc1ccc(N2CC3(CN(CC[C@@H](O)c4ccccc4)C3)C2)cc1. The number of methoxy groups -OCH3 is 1. The molecule has 25 heavy (non-hydrogen) atoms. The Hall–Kier alpha value is -2.04. The van der Waals surface area contributed by atoms with E-state index < -0.39 is 0 Å².